The fourth-order valence-electron chi connectivity index (χ4n) is 1.53. The van der Waals surface area contributed by atoms with Gasteiger partial charge in [-0.25, -0.2) is 4.79 Å². The van der Waals surface area contributed by atoms with Crippen LogP contribution in [-0.4, -0.2) is 6.03 Å². The maximum atomic E-state index is 11.9. The zero-order valence-corrected chi connectivity index (χ0v) is 11.7. The van der Waals surface area contributed by atoms with E-state index in [0.717, 1.165) is 0 Å². The van der Waals surface area contributed by atoms with E-state index in [4.69, 9.17) is 28.5 Å². The first-order valence-electron chi connectivity index (χ1n) is 5.62. The standard InChI is InChI=1S/C14H9Cl2N3O/c15-10-3-1-2-4-12(10)18-14(20)19-13-7-9(8-17)5-6-11(13)16/h1-7H,(H2,18,19,20). The van der Waals surface area contributed by atoms with Gasteiger partial charge in [-0.3, -0.25) is 0 Å². The van der Waals surface area contributed by atoms with Gasteiger partial charge in [0.2, 0.25) is 0 Å². The fourth-order valence-corrected chi connectivity index (χ4v) is 1.88. The average molecular weight is 306 g/mol. The van der Waals surface area contributed by atoms with Crippen LogP contribution in [0.2, 0.25) is 10.0 Å². The van der Waals surface area contributed by atoms with Crippen molar-refractivity contribution in [1.29, 1.82) is 5.26 Å². The topological polar surface area (TPSA) is 64.9 Å². The molecule has 0 bridgehead atoms. The molecule has 0 spiro atoms. The van der Waals surface area contributed by atoms with Crippen molar-refractivity contribution >= 4 is 40.6 Å². The number of urea groups is 1. The zero-order chi connectivity index (χ0) is 14.5. The Labute approximate surface area is 125 Å². The van der Waals surface area contributed by atoms with Crippen molar-refractivity contribution < 1.29 is 4.79 Å². The first kappa shape index (κ1) is 14.2. The van der Waals surface area contributed by atoms with Gasteiger partial charge in [0.1, 0.15) is 0 Å². The summed E-state index contributed by atoms with van der Waals surface area (Å²) < 4.78 is 0. The van der Waals surface area contributed by atoms with Crippen LogP contribution in [0, 0.1) is 11.3 Å². The van der Waals surface area contributed by atoms with Gasteiger partial charge >= 0.3 is 6.03 Å². The molecule has 4 nitrogen and oxygen atoms in total. The Kier molecular flexibility index (Phi) is 4.46. The van der Waals surface area contributed by atoms with Gasteiger partial charge in [-0.05, 0) is 30.3 Å². The number of anilines is 2. The number of hydrogen-bond acceptors (Lipinski definition) is 2. The number of nitrogens with one attached hydrogen (secondary N) is 2. The Bertz CT molecular complexity index is 695. The Balaban J connectivity index is 2.13. The predicted molar refractivity (Wildman–Crippen MR) is 80.3 cm³/mol. The van der Waals surface area contributed by atoms with E-state index in [1.54, 1.807) is 36.4 Å². The maximum Gasteiger partial charge on any atom is 0.323 e. The molecule has 0 aromatic heterocycles. The summed E-state index contributed by atoms with van der Waals surface area (Å²) >= 11 is 11.9. The van der Waals surface area contributed by atoms with Crippen LogP contribution in [0.15, 0.2) is 42.5 Å². The van der Waals surface area contributed by atoms with Gasteiger partial charge in [0.25, 0.3) is 0 Å². The Hall–Kier alpha value is -2.22. The Morgan fingerprint density at radius 1 is 1.00 bits per heavy atom. The minimum absolute atomic E-state index is 0.346. The lowest BCUT2D eigenvalue weighted by Gasteiger charge is -2.10. The molecule has 100 valence electrons. The molecule has 0 aliphatic carbocycles. The summed E-state index contributed by atoms with van der Waals surface area (Å²) in [6.07, 6.45) is 0. The average Bonchev–Trinajstić information content (AvgIpc) is 2.44. The van der Waals surface area contributed by atoms with Crippen molar-refractivity contribution in [2.75, 3.05) is 10.6 Å². The monoisotopic (exact) mass is 305 g/mol. The van der Waals surface area contributed by atoms with Crippen molar-refractivity contribution in [3.63, 3.8) is 0 Å². The number of benzene rings is 2. The van der Waals surface area contributed by atoms with Crippen molar-refractivity contribution in [2.24, 2.45) is 0 Å². The molecule has 0 aliphatic rings. The van der Waals surface area contributed by atoms with Crippen LogP contribution in [0.3, 0.4) is 0 Å². The highest BCUT2D eigenvalue weighted by atomic mass is 35.5. The summed E-state index contributed by atoms with van der Waals surface area (Å²) in [4.78, 5) is 11.9. The van der Waals surface area contributed by atoms with Crippen molar-refractivity contribution in [1.82, 2.24) is 0 Å². The number of carbonyl (C=O) groups is 1. The quantitative estimate of drug-likeness (QED) is 0.857. The Morgan fingerprint density at radius 2 is 1.65 bits per heavy atom. The van der Waals surface area contributed by atoms with Crippen LogP contribution in [0.4, 0.5) is 16.2 Å². The van der Waals surface area contributed by atoms with Crippen LogP contribution < -0.4 is 10.6 Å². The summed E-state index contributed by atoms with van der Waals surface area (Å²) in [5, 5.41) is 14.8. The van der Waals surface area contributed by atoms with Gasteiger partial charge < -0.3 is 10.6 Å². The minimum Gasteiger partial charge on any atom is -0.306 e. The van der Waals surface area contributed by atoms with E-state index in [2.05, 4.69) is 10.6 Å². The number of rotatable bonds is 2. The number of carbonyl (C=O) groups excluding carboxylic acids is 1. The van der Waals surface area contributed by atoms with E-state index in [1.807, 2.05) is 6.07 Å². The van der Waals surface area contributed by atoms with Crippen LogP contribution in [0.5, 0.6) is 0 Å². The normalized spacial score (nSPS) is 9.65. The van der Waals surface area contributed by atoms with Gasteiger partial charge in [0, 0.05) is 0 Å². The third kappa shape index (κ3) is 3.41. The van der Waals surface area contributed by atoms with Crippen molar-refractivity contribution in [3.8, 4) is 6.07 Å². The molecule has 6 heteroatoms. The molecule has 0 atom stereocenters. The lowest BCUT2D eigenvalue weighted by Crippen LogP contribution is -2.19. The molecule has 0 saturated heterocycles. The smallest absolute Gasteiger partial charge is 0.306 e. The van der Waals surface area contributed by atoms with Crippen LogP contribution in [0.25, 0.3) is 0 Å². The van der Waals surface area contributed by atoms with Gasteiger partial charge in [-0.15, -0.1) is 0 Å². The van der Waals surface area contributed by atoms with Gasteiger partial charge in [0.05, 0.1) is 33.1 Å². The summed E-state index contributed by atoms with van der Waals surface area (Å²) in [6.45, 7) is 0. The van der Waals surface area contributed by atoms with E-state index in [0.29, 0.717) is 27.0 Å². The van der Waals surface area contributed by atoms with Gasteiger partial charge in [-0.2, -0.15) is 5.26 Å². The van der Waals surface area contributed by atoms with Crippen LogP contribution in [-0.2, 0) is 0 Å². The second-order valence-corrected chi connectivity index (χ2v) is 4.68. The van der Waals surface area contributed by atoms with E-state index in [-0.39, 0.29) is 0 Å². The molecule has 0 fully saturated rings. The summed E-state index contributed by atoms with van der Waals surface area (Å²) in [6, 6.07) is 13.0. The summed E-state index contributed by atoms with van der Waals surface area (Å²) in [5.74, 6) is 0. The van der Waals surface area contributed by atoms with Gasteiger partial charge in [-0.1, -0.05) is 35.3 Å². The molecule has 2 aromatic rings. The molecule has 0 unspecified atom stereocenters. The van der Waals surface area contributed by atoms with E-state index < -0.39 is 6.03 Å². The highest BCUT2D eigenvalue weighted by molar-refractivity contribution is 6.34. The highest BCUT2D eigenvalue weighted by Crippen LogP contribution is 2.24. The molecule has 2 rings (SSSR count). The highest BCUT2D eigenvalue weighted by Gasteiger charge is 2.08. The summed E-state index contributed by atoms with van der Waals surface area (Å²) in [7, 11) is 0. The molecule has 2 aromatic carbocycles. The van der Waals surface area contributed by atoms with Crippen molar-refractivity contribution in [2.45, 2.75) is 0 Å². The first-order valence-corrected chi connectivity index (χ1v) is 6.38. The third-order valence-electron chi connectivity index (χ3n) is 2.47. The van der Waals surface area contributed by atoms with E-state index in [1.165, 1.54) is 6.07 Å². The molecule has 2 amide bonds. The van der Waals surface area contributed by atoms with E-state index in [9.17, 15) is 4.79 Å². The lowest BCUT2D eigenvalue weighted by molar-refractivity contribution is 0.262. The molecule has 0 saturated carbocycles. The molecule has 20 heavy (non-hydrogen) atoms. The molecular weight excluding hydrogens is 297 g/mol. The SMILES string of the molecule is N#Cc1ccc(Cl)c(NC(=O)Nc2ccccc2Cl)c1. The molecule has 0 radical (unpaired) electrons. The fraction of sp³-hybridized carbons (Fsp3) is 0. The molecular formula is C14H9Cl2N3O. The second kappa shape index (κ2) is 6.29. The van der Waals surface area contributed by atoms with Crippen molar-refractivity contribution in [3.05, 3.63) is 58.1 Å². The third-order valence-corrected chi connectivity index (χ3v) is 3.12. The first-order chi connectivity index (χ1) is 9.60. The number of hydrogen-bond donors (Lipinski definition) is 2. The molecule has 2 N–H and O–H groups in total. The predicted octanol–water partition coefficient (Wildman–Crippen LogP) is 4.51. The number of nitriles is 1. The Morgan fingerprint density at radius 3 is 2.35 bits per heavy atom. The second-order valence-electron chi connectivity index (χ2n) is 3.87. The minimum atomic E-state index is -0.491. The number of para-hydroxylation sites is 1. The van der Waals surface area contributed by atoms with Crippen LogP contribution >= 0.6 is 23.2 Å². The number of nitrogens with zero attached hydrogens (tertiary/aromatic N) is 1. The lowest BCUT2D eigenvalue weighted by atomic mass is 10.2. The van der Waals surface area contributed by atoms with E-state index >= 15 is 0 Å². The number of amides is 2. The summed E-state index contributed by atoms with van der Waals surface area (Å²) in [5.41, 5.74) is 1.25. The number of halogens is 2. The molecule has 0 heterocycles. The van der Waals surface area contributed by atoms with Gasteiger partial charge in [0.15, 0.2) is 0 Å². The largest absolute Gasteiger partial charge is 0.323 e. The van der Waals surface area contributed by atoms with Crippen LogP contribution in [0.1, 0.15) is 5.56 Å². The molecule has 0 aliphatic heterocycles. The zero-order valence-electron chi connectivity index (χ0n) is 10.2. The maximum absolute atomic E-state index is 11.9.